The Morgan fingerprint density at radius 1 is 1.06 bits per heavy atom. The van der Waals surface area contributed by atoms with Crippen molar-refractivity contribution in [2.75, 3.05) is 33.5 Å². The van der Waals surface area contributed by atoms with Crippen molar-refractivity contribution in [3.8, 4) is 0 Å². The van der Waals surface area contributed by atoms with E-state index in [0.717, 1.165) is 32.5 Å². The maximum absolute atomic E-state index is 5.98. The van der Waals surface area contributed by atoms with Crippen LogP contribution in [0.4, 0.5) is 0 Å². The Balaban J connectivity index is 1.90. The van der Waals surface area contributed by atoms with Crippen molar-refractivity contribution in [1.82, 2.24) is 0 Å². The van der Waals surface area contributed by atoms with Gasteiger partial charge < -0.3 is 19.9 Å². The number of hydrogen-bond acceptors (Lipinski definition) is 4. The zero-order valence-electron chi connectivity index (χ0n) is 10.3. The predicted molar refractivity (Wildman–Crippen MR) is 63.5 cm³/mol. The van der Waals surface area contributed by atoms with Gasteiger partial charge in [-0.15, -0.1) is 0 Å². The normalized spacial score (nSPS) is 25.9. The molecule has 0 aliphatic heterocycles. The van der Waals surface area contributed by atoms with Crippen LogP contribution >= 0.6 is 0 Å². The van der Waals surface area contributed by atoms with Crippen molar-refractivity contribution in [1.29, 1.82) is 0 Å². The van der Waals surface area contributed by atoms with E-state index < -0.39 is 0 Å². The summed E-state index contributed by atoms with van der Waals surface area (Å²) in [6.45, 7) is 2.82. The Morgan fingerprint density at radius 3 is 2.62 bits per heavy atom. The summed E-state index contributed by atoms with van der Waals surface area (Å²) in [5.74, 6) is 0. The van der Waals surface area contributed by atoms with E-state index in [-0.39, 0.29) is 12.1 Å². The van der Waals surface area contributed by atoms with Gasteiger partial charge in [0.15, 0.2) is 0 Å². The second kappa shape index (κ2) is 8.93. The van der Waals surface area contributed by atoms with Crippen molar-refractivity contribution >= 4 is 0 Å². The Labute approximate surface area is 98.4 Å². The zero-order chi connectivity index (χ0) is 11.6. The number of methoxy groups -OCH3 is 1. The van der Waals surface area contributed by atoms with Gasteiger partial charge in [0.2, 0.25) is 0 Å². The highest BCUT2D eigenvalue weighted by Crippen LogP contribution is 2.19. The molecule has 2 N–H and O–H groups in total. The standard InChI is InChI=1S/C12H25NO3/c1-14-7-4-8-15-9-10-16-12-6-3-2-5-11(12)13/h11-12H,2-10,13H2,1H3. The van der Waals surface area contributed by atoms with Crippen LogP contribution in [0, 0.1) is 0 Å². The van der Waals surface area contributed by atoms with Crippen LogP contribution in [0.1, 0.15) is 32.1 Å². The van der Waals surface area contributed by atoms with Gasteiger partial charge in [0.25, 0.3) is 0 Å². The van der Waals surface area contributed by atoms with Crippen LogP contribution in [-0.4, -0.2) is 45.7 Å². The van der Waals surface area contributed by atoms with E-state index in [1.54, 1.807) is 7.11 Å². The number of nitrogens with two attached hydrogens (primary N) is 1. The van der Waals surface area contributed by atoms with E-state index in [4.69, 9.17) is 19.9 Å². The molecule has 2 atom stereocenters. The topological polar surface area (TPSA) is 53.7 Å². The third kappa shape index (κ3) is 5.80. The first kappa shape index (κ1) is 13.9. The minimum absolute atomic E-state index is 0.224. The van der Waals surface area contributed by atoms with E-state index >= 15 is 0 Å². The molecule has 0 aromatic heterocycles. The molecule has 1 aliphatic rings. The minimum atomic E-state index is 0.224. The molecule has 4 heteroatoms. The van der Waals surface area contributed by atoms with Gasteiger partial charge in [0.05, 0.1) is 19.3 Å². The first-order valence-corrected chi connectivity index (χ1v) is 6.28. The summed E-state index contributed by atoms with van der Waals surface area (Å²) in [4.78, 5) is 0. The molecule has 1 aliphatic carbocycles. The molecule has 0 spiro atoms. The third-order valence-electron chi connectivity index (χ3n) is 2.95. The fourth-order valence-electron chi connectivity index (χ4n) is 2.00. The van der Waals surface area contributed by atoms with E-state index in [1.807, 2.05) is 0 Å². The predicted octanol–water partition coefficient (Wildman–Crippen LogP) is 1.33. The van der Waals surface area contributed by atoms with E-state index in [9.17, 15) is 0 Å². The van der Waals surface area contributed by atoms with Crippen LogP contribution in [0.25, 0.3) is 0 Å². The summed E-state index contributed by atoms with van der Waals surface area (Å²) in [5.41, 5.74) is 5.98. The summed E-state index contributed by atoms with van der Waals surface area (Å²) < 4.78 is 16.1. The zero-order valence-corrected chi connectivity index (χ0v) is 10.3. The molecule has 0 aromatic rings. The molecular weight excluding hydrogens is 206 g/mol. The highest BCUT2D eigenvalue weighted by atomic mass is 16.5. The van der Waals surface area contributed by atoms with Crippen LogP contribution in [0.15, 0.2) is 0 Å². The number of hydrogen-bond donors (Lipinski definition) is 1. The summed E-state index contributed by atoms with van der Waals surface area (Å²) in [6.07, 6.45) is 5.88. The van der Waals surface area contributed by atoms with E-state index in [1.165, 1.54) is 12.8 Å². The SMILES string of the molecule is COCCCOCCOC1CCCCC1N. The molecule has 0 radical (unpaired) electrons. The van der Waals surface area contributed by atoms with Crippen LogP contribution in [0.5, 0.6) is 0 Å². The van der Waals surface area contributed by atoms with Crippen LogP contribution < -0.4 is 5.73 Å². The van der Waals surface area contributed by atoms with Gasteiger partial charge in [-0.3, -0.25) is 0 Å². The van der Waals surface area contributed by atoms with Crippen molar-refractivity contribution in [2.45, 2.75) is 44.2 Å². The van der Waals surface area contributed by atoms with Gasteiger partial charge in [0.1, 0.15) is 0 Å². The molecule has 0 aromatic carbocycles. The molecule has 1 rings (SSSR count). The number of rotatable bonds is 8. The van der Waals surface area contributed by atoms with Crippen molar-refractivity contribution < 1.29 is 14.2 Å². The summed E-state index contributed by atoms with van der Waals surface area (Å²) in [6, 6.07) is 0.224. The first-order valence-electron chi connectivity index (χ1n) is 6.28. The second-order valence-electron chi connectivity index (χ2n) is 4.32. The molecular formula is C12H25NO3. The van der Waals surface area contributed by atoms with Crippen molar-refractivity contribution in [3.05, 3.63) is 0 Å². The lowest BCUT2D eigenvalue weighted by Crippen LogP contribution is -2.39. The molecule has 0 bridgehead atoms. The Morgan fingerprint density at radius 2 is 1.88 bits per heavy atom. The molecule has 1 fully saturated rings. The average molecular weight is 231 g/mol. The maximum atomic E-state index is 5.98. The smallest absolute Gasteiger partial charge is 0.0727 e. The molecule has 2 unspecified atom stereocenters. The quantitative estimate of drug-likeness (QED) is 0.640. The highest BCUT2D eigenvalue weighted by Gasteiger charge is 2.21. The molecule has 0 amide bonds. The van der Waals surface area contributed by atoms with Crippen LogP contribution in [0.2, 0.25) is 0 Å². The average Bonchev–Trinajstić information content (AvgIpc) is 2.30. The maximum Gasteiger partial charge on any atom is 0.0727 e. The van der Waals surface area contributed by atoms with Crippen LogP contribution in [0.3, 0.4) is 0 Å². The molecule has 0 heterocycles. The van der Waals surface area contributed by atoms with Gasteiger partial charge in [-0.2, -0.15) is 0 Å². The lowest BCUT2D eigenvalue weighted by atomic mass is 9.93. The number of ether oxygens (including phenoxy) is 3. The lowest BCUT2D eigenvalue weighted by Gasteiger charge is -2.28. The molecule has 16 heavy (non-hydrogen) atoms. The van der Waals surface area contributed by atoms with E-state index in [2.05, 4.69) is 0 Å². The molecule has 0 saturated heterocycles. The lowest BCUT2D eigenvalue weighted by molar-refractivity contribution is -0.0208. The highest BCUT2D eigenvalue weighted by molar-refractivity contribution is 4.78. The third-order valence-corrected chi connectivity index (χ3v) is 2.95. The van der Waals surface area contributed by atoms with Gasteiger partial charge >= 0.3 is 0 Å². The fraction of sp³-hybridized carbons (Fsp3) is 1.00. The molecule has 96 valence electrons. The van der Waals surface area contributed by atoms with Crippen molar-refractivity contribution in [2.24, 2.45) is 5.73 Å². The molecule has 1 saturated carbocycles. The monoisotopic (exact) mass is 231 g/mol. The van der Waals surface area contributed by atoms with Crippen molar-refractivity contribution in [3.63, 3.8) is 0 Å². The Bertz CT molecular complexity index is 166. The Kier molecular flexibility index (Phi) is 7.76. The fourth-order valence-corrected chi connectivity index (χ4v) is 2.00. The minimum Gasteiger partial charge on any atom is -0.385 e. The first-order chi connectivity index (χ1) is 7.84. The summed E-state index contributed by atoms with van der Waals surface area (Å²) in [7, 11) is 1.70. The second-order valence-corrected chi connectivity index (χ2v) is 4.32. The van der Waals surface area contributed by atoms with Gasteiger partial charge in [0, 0.05) is 26.4 Å². The largest absolute Gasteiger partial charge is 0.385 e. The summed E-state index contributed by atoms with van der Waals surface area (Å²) >= 11 is 0. The van der Waals surface area contributed by atoms with Gasteiger partial charge in [-0.25, -0.2) is 0 Å². The van der Waals surface area contributed by atoms with Crippen LogP contribution in [-0.2, 0) is 14.2 Å². The van der Waals surface area contributed by atoms with Gasteiger partial charge in [-0.1, -0.05) is 12.8 Å². The summed E-state index contributed by atoms with van der Waals surface area (Å²) in [5, 5.41) is 0. The van der Waals surface area contributed by atoms with Gasteiger partial charge in [-0.05, 0) is 19.3 Å². The molecule has 4 nitrogen and oxygen atoms in total. The van der Waals surface area contributed by atoms with E-state index in [0.29, 0.717) is 13.2 Å². The Hall–Kier alpha value is -0.160.